The fraction of sp³-hybridized carbons (Fsp3) is 0.167. The van der Waals surface area contributed by atoms with Gasteiger partial charge in [-0.25, -0.2) is 9.67 Å². The molecule has 0 atom stereocenters. The summed E-state index contributed by atoms with van der Waals surface area (Å²) in [5.41, 5.74) is 5.94. The van der Waals surface area contributed by atoms with Gasteiger partial charge >= 0.3 is 0 Å². The molecule has 3 aromatic carbocycles. The Labute approximate surface area is 226 Å². The van der Waals surface area contributed by atoms with Crippen LogP contribution in [-0.4, -0.2) is 39.3 Å². The highest BCUT2D eigenvalue weighted by atomic mass is 16.5. The predicted molar refractivity (Wildman–Crippen MR) is 149 cm³/mol. The summed E-state index contributed by atoms with van der Waals surface area (Å²) in [7, 11) is 1.93. The van der Waals surface area contributed by atoms with Gasteiger partial charge < -0.3 is 4.74 Å². The second kappa shape index (κ2) is 10.0. The lowest BCUT2D eigenvalue weighted by molar-refractivity contribution is 0.294. The van der Waals surface area contributed by atoms with E-state index in [1.807, 2.05) is 103 Å². The molecule has 0 amide bonds. The van der Waals surface area contributed by atoms with E-state index >= 15 is 0 Å². The fourth-order valence-electron chi connectivity index (χ4n) is 4.58. The van der Waals surface area contributed by atoms with E-state index in [4.69, 9.17) is 14.8 Å². The van der Waals surface area contributed by atoms with Crippen molar-refractivity contribution in [3.63, 3.8) is 0 Å². The van der Waals surface area contributed by atoms with E-state index in [1.165, 1.54) is 0 Å². The molecular weight excluding hydrogens is 488 g/mol. The van der Waals surface area contributed by atoms with Crippen molar-refractivity contribution in [2.24, 2.45) is 7.05 Å². The lowest BCUT2D eigenvalue weighted by atomic mass is 10.2. The molecule has 0 N–H and O–H groups in total. The van der Waals surface area contributed by atoms with E-state index in [2.05, 4.69) is 34.4 Å². The largest absolute Gasteiger partial charge is 0.485 e. The molecule has 0 aliphatic carbocycles. The maximum atomic E-state index is 6.08. The summed E-state index contributed by atoms with van der Waals surface area (Å²) in [6, 6.07) is 26.1. The van der Waals surface area contributed by atoms with Gasteiger partial charge in [0.25, 0.3) is 5.95 Å². The van der Waals surface area contributed by atoms with Gasteiger partial charge in [-0.1, -0.05) is 60.7 Å². The molecule has 0 aliphatic rings. The summed E-state index contributed by atoms with van der Waals surface area (Å²) in [6.45, 7) is 6.32. The zero-order valence-corrected chi connectivity index (χ0v) is 22.3. The van der Waals surface area contributed by atoms with E-state index in [9.17, 15) is 0 Å². The Balaban J connectivity index is 1.44. The van der Waals surface area contributed by atoms with Gasteiger partial charge in [0.05, 0.1) is 23.1 Å². The Bertz CT molecular complexity index is 1760. The number of aryl methyl sites for hydroxylation is 2. The number of para-hydroxylation sites is 1. The van der Waals surface area contributed by atoms with Gasteiger partial charge in [0.2, 0.25) is 0 Å². The van der Waals surface area contributed by atoms with Crippen LogP contribution < -0.4 is 4.74 Å². The molecule has 0 saturated carbocycles. The summed E-state index contributed by atoms with van der Waals surface area (Å²) in [4.78, 5) is 4.90. The minimum Gasteiger partial charge on any atom is -0.485 e. The first-order valence-corrected chi connectivity index (χ1v) is 12.7. The van der Waals surface area contributed by atoms with Crippen LogP contribution in [0.5, 0.6) is 5.75 Å². The molecule has 9 nitrogen and oxygen atoms in total. The van der Waals surface area contributed by atoms with Gasteiger partial charge in [0.15, 0.2) is 17.5 Å². The van der Waals surface area contributed by atoms with Gasteiger partial charge in [0.1, 0.15) is 12.4 Å². The Morgan fingerprint density at radius 1 is 0.795 bits per heavy atom. The van der Waals surface area contributed by atoms with Crippen LogP contribution in [0.2, 0.25) is 0 Å². The number of nitrogens with zero attached hydrogens (tertiary/aromatic N) is 8. The molecule has 0 saturated heterocycles. The fourth-order valence-corrected chi connectivity index (χ4v) is 4.58. The number of hydrogen-bond donors (Lipinski definition) is 0. The molecule has 6 aromatic rings. The first kappa shape index (κ1) is 24.3. The average Bonchev–Trinajstić information content (AvgIpc) is 3.65. The molecule has 0 aliphatic heterocycles. The summed E-state index contributed by atoms with van der Waals surface area (Å²) in [6.07, 6.45) is 1.82. The summed E-state index contributed by atoms with van der Waals surface area (Å²) in [5, 5.41) is 18.5. The van der Waals surface area contributed by atoms with E-state index in [1.54, 1.807) is 4.68 Å². The molecule has 194 valence electrons. The minimum atomic E-state index is 0.208. The van der Waals surface area contributed by atoms with Gasteiger partial charge in [-0.3, -0.25) is 4.57 Å². The molecule has 0 fully saturated rings. The number of benzene rings is 3. The van der Waals surface area contributed by atoms with Gasteiger partial charge in [-0.15, -0.1) is 15.3 Å². The topological polar surface area (TPSA) is 88.5 Å². The lowest BCUT2D eigenvalue weighted by Crippen LogP contribution is -2.08. The van der Waals surface area contributed by atoms with Crippen LogP contribution in [0.25, 0.3) is 34.4 Å². The van der Waals surface area contributed by atoms with Gasteiger partial charge in [-0.05, 0) is 50.1 Å². The van der Waals surface area contributed by atoms with Crippen molar-refractivity contribution in [2.75, 3.05) is 0 Å². The number of rotatable bonds is 7. The van der Waals surface area contributed by atoms with Crippen LogP contribution in [0.4, 0.5) is 0 Å². The van der Waals surface area contributed by atoms with Crippen molar-refractivity contribution >= 4 is 0 Å². The highest BCUT2D eigenvalue weighted by Crippen LogP contribution is 2.28. The van der Waals surface area contributed by atoms with E-state index < -0.39 is 0 Å². The van der Waals surface area contributed by atoms with E-state index in [0.29, 0.717) is 17.6 Å². The zero-order chi connectivity index (χ0) is 26.9. The summed E-state index contributed by atoms with van der Waals surface area (Å²) < 4.78 is 11.6. The highest BCUT2D eigenvalue weighted by molar-refractivity contribution is 5.61. The van der Waals surface area contributed by atoms with Gasteiger partial charge in [-0.2, -0.15) is 9.78 Å². The standard InChI is InChI=1S/C30H28N8O/c1-20-11-10-15-24(17-20)37-22(3)25(18-31-37)29-32-27(19-39-26-16-9-8-12-21(26)2)35-38(29)30-34-33-28(36(30)4)23-13-6-5-7-14-23/h5-18H,19H2,1-4H3. The van der Waals surface area contributed by atoms with Crippen molar-refractivity contribution in [1.29, 1.82) is 0 Å². The number of hydrogen-bond acceptors (Lipinski definition) is 6. The zero-order valence-electron chi connectivity index (χ0n) is 22.3. The van der Waals surface area contributed by atoms with Gasteiger partial charge in [0, 0.05) is 12.6 Å². The van der Waals surface area contributed by atoms with Crippen LogP contribution in [-0.2, 0) is 13.7 Å². The Morgan fingerprint density at radius 3 is 2.38 bits per heavy atom. The minimum absolute atomic E-state index is 0.208. The van der Waals surface area contributed by atoms with Crippen molar-refractivity contribution in [3.8, 4) is 40.2 Å². The molecule has 0 bridgehead atoms. The highest BCUT2D eigenvalue weighted by Gasteiger charge is 2.23. The molecule has 0 spiro atoms. The first-order chi connectivity index (χ1) is 19.0. The third-order valence-corrected chi connectivity index (χ3v) is 6.67. The van der Waals surface area contributed by atoms with Crippen LogP contribution in [0.3, 0.4) is 0 Å². The SMILES string of the molecule is Cc1cccc(-n2ncc(-c3nc(COc4ccccc4C)nn3-c3nnc(-c4ccccc4)n3C)c2C)c1. The summed E-state index contributed by atoms with van der Waals surface area (Å²) >= 11 is 0. The molecule has 3 aromatic heterocycles. The summed E-state index contributed by atoms with van der Waals surface area (Å²) in [5.74, 6) is 3.21. The Morgan fingerprint density at radius 2 is 1.59 bits per heavy atom. The van der Waals surface area contributed by atoms with Crippen LogP contribution in [0.15, 0.2) is 85.1 Å². The van der Waals surface area contributed by atoms with E-state index in [0.717, 1.165) is 45.2 Å². The molecule has 39 heavy (non-hydrogen) atoms. The monoisotopic (exact) mass is 516 g/mol. The second-order valence-corrected chi connectivity index (χ2v) is 9.46. The Hall–Kier alpha value is -5.05. The lowest BCUT2D eigenvalue weighted by Gasteiger charge is -2.08. The number of aromatic nitrogens is 8. The third-order valence-electron chi connectivity index (χ3n) is 6.67. The Kier molecular flexibility index (Phi) is 6.24. The number of ether oxygens (including phenoxy) is 1. The smallest absolute Gasteiger partial charge is 0.254 e. The van der Waals surface area contributed by atoms with Crippen LogP contribution >= 0.6 is 0 Å². The molecule has 0 radical (unpaired) electrons. The van der Waals surface area contributed by atoms with Crippen LogP contribution in [0.1, 0.15) is 22.6 Å². The molecule has 9 heteroatoms. The predicted octanol–water partition coefficient (Wildman–Crippen LogP) is 5.42. The van der Waals surface area contributed by atoms with Crippen molar-refractivity contribution in [2.45, 2.75) is 27.4 Å². The maximum absolute atomic E-state index is 6.08. The second-order valence-electron chi connectivity index (χ2n) is 9.46. The normalized spacial score (nSPS) is 11.2. The molecule has 6 rings (SSSR count). The quantitative estimate of drug-likeness (QED) is 0.282. The van der Waals surface area contributed by atoms with Crippen molar-refractivity contribution in [1.82, 2.24) is 39.3 Å². The third kappa shape index (κ3) is 4.59. The van der Waals surface area contributed by atoms with Crippen molar-refractivity contribution < 1.29 is 4.74 Å². The maximum Gasteiger partial charge on any atom is 0.254 e. The average molecular weight is 517 g/mol. The molecular formula is C30H28N8O. The van der Waals surface area contributed by atoms with Crippen molar-refractivity contribution in [3.05, 3.63) is 108 Å². The molecule has 3 heterocycles. The molecule has 0 unspecified atom stereocenters. The van der Waals surface area contributed by atoms with Crippen LogP contribution in [0, 0.1) is 20.8 Å². The first-order valence-electron chi connectivity index (χ1n) is 12.7. The van der Waals surface area contributed by atoms with E-state index in [-0.39, 0.29) is 6.61 Å².